The zero-order valence-electron chi connectivity index (χ0n) is 18.4. The number of carboxylic acid groups (broad SMARTS) is 1. The number of pyridine rings is 2. The number of nitrogens with one attached hydrogen (secondary N) is 3. The standard InChI is InChI=1S/C21H22FN9O3/c1-11(17(12-3-4-12)28-21(32)33)26-19-15(22)7-13(9-23)18(29-19)27-14-8-16(20(34-2)24-10-14)31-6-5-25-30-31/h5-8,10-12,17,28H,3-4H2,1-2H3,(H,32,33)(H2,26,27,29)/t11-,17-/m1/s1. The Morgan fingerprint density at radius 2 is 2.18 bits per heavy atom. The number of rotatable bonds is 9. The summed E-state index contributed by atoms with van der Waals surface area (Å²) in [4.78, 5) is 19.7. The van der Waals surface area contributed by atoms with Crippen LogP contribution in [0.1, 0.15) is 25.3 Å². The molecule has 3 aromatic heterocycles. The lowest BCUT2D eigenvalue weighted by Crippen LogP contribution is -2.46. The number of anilines is 3. The van der Waals surface area contributed by atoms with E-state index in [2.05, 4.69) is 36.2 Å². The molecule has 34 heavy (non-hydrogen) atoms. The Bertz CT molecular complexity index is 1220. The second kappa shape index (κ2) is 9.57. The Labute approximate surface area is 193 Å². The number of amides is 1. The molecule has 4 N–H and O–H groups in total. The van der Waals surface area contributed by atoms with E-state index in [4.69, 9.17) is 9.84 Å². The van der Waals surface area contributed by atoms with E-state index in [0.717, 1.165) is 18.9 Å². The lowest BCUT2D eigenvalue weighted by Gasteiger charge is -2.25. The Balaban J connectivity index is 1.61. The molecular weight excluding hydrogens is 445 g/mol. The van der Waals surface area contributed by atoms with Crippen LogP contribution in [0.2, 0.25) is 0 Å². The third-order valence-corrected chi connectivity index (χ3v) is 5.38. The molecule has 1 aliphatic carbocycles. The van der Waals surface area contributed by atoms with Crippen LogP contribution in [0.4, 0.5) is 26.5 Å². The zero-order chi connectivity index (χ0) is 24.2. The highest BCUT2D eigenvalue weighted by Gasteiger charge is 2.36. The van der Waals surface area contributed by atoms with Crippen molar-refractivity contribution in [3.05, 3.63) is 42.1 Å². The summed E-state index contributed by atoms with van der Waals surface area (Å²) in [6.07, 6.45) is 5.24. The van der Waals surface area contributed by atoms with Crippen LogP contribution in [0.5, 0.6) is 5.88 Å². The minimum Gasteiger partial charge on any atom is -0.479 e. The molecule has 1 fully saturated rings. The van der Waals surface area contributed by atoms with Crippen LogP contribution in [0.3, 0.4) is 0 Å². The normalized spacial score (nSPS) is 14.5. The van der Waals surface area contributed by atoms with Gasteiger partial charge in [0.15, 0.2) is 17.5 Å². The Hall–Kier alpha value is -4.47. The molecular formula is C21H22FN9O3. The maximum atomic E-state index is 14.7. The third kappa shape index (κ3) is 4.96. The maximum absolute atomic E-state index is 14.7. The summed E-state index contributed by atoms with van der Waals surface area (Å²) >= 11 is 0. The van der Waals surface area contributed by atoms with Crippen molar-refractivity contribution in [3.8, 4) is 17.6 Å². The number of aromatic nitrogens is 5. The first kappa shape index (κ1) is 22.7. The number of halogens is 1. The zero-order valence-corrected chi connectivity index (χ0v) is 18.4. The second-order valence-electron chi connectivity index (χ2n) is 7.80. The fourth-order valence-electron chi connectivity index (χ4n) is 3.63. The molecule has 0 unspecified atom stereocenters. The van der Waals surface area contributed by atoms with E-state index in [-0.39, 0.29) is 23.1 Å². The van der Waals surface area contributed by atoms with Gasteiger partial charge in [-0.05, 0) is 37.8 Å². The van der Waals surface area contributed by atoms with Crippen molar-refractivity contribution in [1.29, 1.82) is 5.26 Å². The van der Waals surface area contributed by atoms with E-state index in [9.17, 15) is 14.4 Å². The molecule has 4 rings (SSSR count). The van der Waals surface area contributed by atoms with Gasteiger partial charge in [-0.2, -0.15) is 5.26 Å². The maximum Gasteiger partial charge on any atom is 0.404 e. The molecule has 0 saturated heterocycles. The summed E-state index contributed by atoms with van der Waals surface area (Å²) in [5.74, 6) is -0.251. The molecule has 0 aliphatic heterocycles. The minimum absolute atomic E-state index is 0.0174. The second-order valence-corrected chi connectivity index (χ2v) is 7.80. The summed E-state index contributed by atoms with van der Waals surface area (Å²) in [6, 6.07) is 3.82. The molecule has 1 aliphatic rings. The molecule has 0 aromatic carbocycles. The van der Waals surface area contributed by atoms with Crippen LogP contribution in [-0.4, -0.2) is 55.4 Å². The van der Waals surface area contributed by atoms with Gasteiger partial charge in [0, 0.05) is 6.04 Å². The van der Waals surface area contributed by atoms with Crippen molar-refractivity contribution >= 4 is 23.4 Å². The molecule has 2 atom stereocenters. The summed E-state index contributed by atoms with van der Waals surface area (Å²) in [6.45, 7) is 1.75. The summed E-state index contributed by atoms with van der Waals surface area (Å²) in [7, 11) is 1.47. The Morgan fingerprint density at radius 1 is 1.38 bits per heavy atom. The predicted molar refractivity (Wildman–Crippen MR) is 119 cm³/mol. The molecule has 176 valence electrons. The van der Waals surface area contributed by atoms with E-state index in [0.29, 0.717) is 17.3 Å². The number of nitrogens with zero attached hydrogens (tertiary/aromatic N) is 6. The van der Waals surface area contributed by atoms with Crippen LogP contribution in [0, 0.1) is 23.1 Å². The number of hydrogen-bond donors (Lipinski definition) is 4. The molecule has 12 nitrogen and oxygen atoms in total. The van der Waals surface area contributed by atoms with Gasteiger partial charge >= 0.3 is 6.09 Å². The Morgan fingerprint density at radius 3 is 2.79 bits per heavy atom. The van der Waals surface area contributed by atoms with Gasteiger partial charge in [0.1, 0.15) is 11.8 Å². The van der Waals surface area contributed by atoms with Gasteiger partial charge in [-0.15, -0.1) is 5.10 Å². The fraction of sp³-hybridized carbons (Fsp3) is 0.333. The molecule has 0 radical (unpaired) electrons. The molecule has 3 heterocycles. The smallest absolute Gasteiger partial charge is 0.404 e. The molecule has 0 bridgehead atoms. The molecule has 13 heteroatoms. The molecule has 1 amide bonds. The quantitative estimate of drug-likeness (QED) is 0.368. The van der Waals surface area contributed by atoms with Crippen molar-refractivity contribution in [1.82, 2.24) is 30.3 Å². The van der Waals surface area contributed by atoms with E-state index >= 15 is 0 Å². The minimum atomic E-state index is -1.14. The van der Waals surface area contributed by atoms with Crippen molar-refractivity contribution in [2.24, 2.45) is 5.92 Å². The van der Waals surface area contributed by atoms with Crippen LogP contribution < -0.4 is 20.7 Å². The summed E-state index contributed by atoms with van der Waals surface area (Å²) in [5, 5.41) is 34.8. The van der Waals surface area contributed by atoms with Crippen LogP contribution in [-0.2, 0) is 0 Å². The van der Waals surface area contributed by atoms with E-state index in [1.165, 1.54) is 24.2 Å². The average Bonchev–Trinajstić information content (AvgIpc) is 3.51. The Kier molecular flexibility index (Phi) is 6.39. The number of methoxy groups -OCH3 is 1. The molecule has 3 aromatic rings. The molecule has 0 spiro atoms. The highest BCUT2D eigenvalue weighted by Crippen LogP contribution is 2.35. The lowest BCUT2D eigenvalue weighted by molar-refractivity contribution is 0.186. The highest BCUT2D eigenvalue weighted by molar-refractivity contribution is 5.67. The van der Waals surface area contributed by atoms with Gasteiger partial charge < -0.3 is 25.8 Å². The number of hydrogen-bond acceptors (Lipinski definition) is 9. The number of carbonyl (C=O) groups is 1. The SMILES string of the molecule is COc1ncc(Nc2nc(N[C@H](C)[C@@H](NC(=O)O)C3CC3)c(F)cc2C#N)cc1-n1ccnn1. The van der Waals surface area contributed by atoms with Gasteiger partial charge in [-0.25, -0.2) is 23.8 Å². The van der Waals surface area contributed by atoms with Gasteiger partial charge in [0.2, 0.25) is 5.88 Å². The fourth-order valence-corrected chi connectivity index (χ4v) is 3.63. The largest absolute Gasteiger partial charge is 0.479 e. The van der Waals surface area contributed by atoms with E-state index in [1.54, 1.807) is 19.2 Å². The van der Waals surface area contributed by atoms with E-state index in [1.807, 2.05) is 6.07 Å². The van der Waals surface area contributed by atoms with E-state index < -0.39 is 24.0 Å². The van der Waals surface area contributed by atoms with Gasteiger partial charge in [0.25, 0.3) is 0 Å². The van der Waals surface area contributed by atoms with Gasteiger partial charge in [-0.1, -0.05) is 5.21 Å². The monoisotopic (exact) mass is 467 g/mol. The van der Waals surface area contributed by atoms with Gasteiger partial charge in [0.05, 0.1) is 43.0 Å². The van der Waals surface area contributed by atoms with Crippen molar-refractivity contribution in [2.45, 2.75) is 31.8 Å². The van der Waals surface area contributed by atoms with Gasteiger partial charge in [-0.3, -0.25) is 0 Å². The van der Waals surface area contributed by atoms with Crippen molar-refractivity contribution < 1.29 is 19.0 Å². The summed E-state index contributed by atoms with van der Waals surface area (Å²) < 4.78 is 21.4. The highest BCUT2D eigenvalue weighted by atomic mass is 19.1. The number of ether oxygens (including phenoxy) is 1. The first-order valence-corrected chi connectivity index (χ1v) is 10.4. The summed E-state index contributed by atoms with van der Waals surface area (Å²) in [5.41, 5.74) is 0.921. The lowest BCUT2D eigenvalue weighted by atomic mass is 10.1. The van der Waals surface area contributed by atoms with Crippen LogP contribution in [0.15, 0.2) is 30.7 Å². The number of nitriles is 1. The predicted octanol–water partition coefficient (Wildman–Crippen LogP) is 2.67. The first-order valence-electron chi connectivity index (χ1n) is 10.4. The van der Waals surface area contributed by atoms with Crippen molar-refractivity contribution in [3.63, 3.8) is 0 Å². The molecule has 1 saturated carbocycles. The van der Waals surface area contributed by atoms with Crippen LogP contribution in [0.25, 0.3) is 5.69 Å². The topological polar surface area (TPSA) is 163 Å². The average molecular weight is 467 g/mol. The van der Waals surface area contributed by atoms with Crippen molar-refractivity contribution in [2.75, 3.05) is 17.7 Å². The third-order valence-electron chi connectivity index (χ3n) is 5.38. The first-order chi connectivity index (χ1) is 16.4. The van der Waals surface area contributed by atoms with Crippen LogP contribution >= 0.6 is 0 Å².